The van der Waals surface area contributed by atoms with Crippen molar-refractivity contribution in [2.45, 2.75) is 0 Å². The lowest BCUT2D eigenvalue weighted by molar-refractivity contribution is 1.07. The fourth-order valence-corrected chi connectivity index (χ4v) is 6.51. The number of rotatable bonds is 4. The minimum absolute atomic E-state index is 0.843. The van der Waals surface area contributed by atoms with Crippen molar-refractivity contribution in [3.8, 4) is 33.9 Å². The van der Waals surface area contributed by atoms with Crippen LogP contribution in [0.2, 0.25) is 0 Å². The Labute approximate surface area is 254 Å². The van der Waals surface area contributed by atoms with Crippen molar-refractivity contribution in [3.05, 3.63) is 158 Å². The fraction of sp³-hybridized carbons (Fsp3) is 0. The Bertz CT molecular complexity index is 2420. The Morgan fingerprint density at radius 3 is 1.70 bits per heavy atom. The van der Waals surface area contributed by atoms with Crippen LogP contribution < -0.4 is 0 Å². The molecule has 0 aliphatic rings. The van der Waals surface area contributed by atoms with Gasteiger partial charge in [0.2, 0.25) is 0 Å². The second-order valence-electron chi connectivity index (χ2n) is 11.1. The molecular weight excluding hydrogens is 536 g/mol. The van der Waals surface area contributed by atoms with Gasteiger partial charge in [-0.2, -0.15) is 0 Å². The molecule has 0 N–H and O–H groups in total. The molecule has 0 radical (unpaired) electrons. The number of nitrogens with zero attached hydrogens (tertiary/aromatic N) is 4. The van der Waals surface area contributed by atoms with Crippen molar-refractivity contribution in [2.24, 2.45) is 0 Å². The number of benzene rings is 5. The smallest absolute Gasteiger partial charge is 0.147 e. The second-order valence-corrected chi connectivity index (χ2v) is 11.1. The molecule has 206 valence electrons. The summed E-state index contributed by atoms with van der Waals surface area (Å²) in [6.07, 6.45) is 0. The van der Waals surface area contributed by atoms with E-state index in [-0.39, 0.29) is 0 Å². The zero-order valence-corrected chi connectivity index (χ0v) is 23.8. The van der Waals surface area contributed by atoms with Crippen LogP contribution in [-0.2, 0) is 0 Å². The van der Waals surface area contributed by atoms with Gasteiger partial charge in [0.1, 0.15) is 11.5 Å². The standard InChI is InChI=1S/C40H26N4/c1-4-14-27(15-5-1)29-24-34(28-16-6-2-7-17-28)41-38(25-29)44-35-22-12-10-20-31(35)33-26-37-39(42-40(33)44)32-21-11-13-23-36(32)43(37)30-18-8-3-9-19-30/h1-26H. The zero-order valence-electron chi connectivity index (χ0n) is 23.8. The molecule has 0 fully saturated rings. The van der Waals surface area contributed by atoms with Crippen LogP contribution in [0.3, 0.4) is 0 Å². The number of aromatic nitrogens is 4. The van der Waals surface area contributed by atoms with E-state index in [1.165, 1.54) is 0 Å². The monoisotopic (exact) mass is 562 g/mol. The van der Waals surface area contributed by atoms with Crippen molar-refractivity contribution in [1.82, 2.24) is 19.1 Å². The van der Waals surface area contributed by atoms with Crippen LogP contribution in [0.25, 0.3) is 77.8 Å². The molecule has 0 spiro atoms. The molecule has 0 unspecified atom stereocenters. The lowest BCUT2D eigenvalue weighted by atomic mass is 10.0. The van der Waals surface area contributed by atoms with Crippen LogP contribution in [0.15, 0.2) is 158 Å². The van der Waals surface area contributed by atoms with E-state index in [4.69, 9.17) is 9.97 Å². The first-order chi connectivity index (χ1) is 21.8. The van der Waals surface area contributed by atoms with E-state index in [1.807, 2.05) is 6.07 Å². The van der Waals surface area contributed by atoms with E-state index in [1.54, 1.807) is 0 Å². The normalized spacial score (nSPS) is 11.6. The Balaban J connectivity index is 1.40. The van der Waals surface area contributed by atoms with Crippen molar-refractivity contribution in [3.63, 3.8) is 0 Å². The minimum Gasteiger partial charge on any atom is -0.308 e. The van der Waals surface area contributed by atoms with Crippen molar-refractivity contribution in [1.29, 1.82) is 0 Å². The molecule has 0 aliphatic carbocycles. The SMILES string of the molecule is c1ccc(-c2cc(-c3ccccc3)nc(-n3c4ccccc4c4cc5c(nc43)c3ccccc3n5-c3ccccc3)c2)cc1. The van der Waals surface area contributed by atoms with Crippen LogP contribution >= 0.6 is 0 Å². The number of fused-ring (bicyclic) bond motifs is 6. The maximum atomic E-state index is 5.47. The molecule has 0 amide bonds. The van der Waals surface area contributed by atoms with Gasteiger partial charge in [-0.05, 0) is 53.6 Å². The van der Waals surface area contributed by atoms with Gasteiger partial charge in [0, 0.05) is 27.4 Å². The molecule has 0 saturated carbocycles. The van der Waals surface area contributed by atoms with E-state index in [0.29, 0.717) is 0 Å². The molecule has 44 heavy (non-hydrogen) atoms. The highest BCUT2D eigenvalue weighted by Gasteiger charge is 2.20. The summed E-state index contributed by atoms with van der Waals surface area (Å²) < 4.78 is 4.56. The van der Waals surface area contributed by atoms with Gasteiger partial charge < -0.3 is 4.57 Å². The van der Waals surface area contributed by atoms with Gasteiger partial charge in [-0.1, -0.05) is 115 Å². The maximum absolute atomic E-state index is 5.47. The van der Waals surface area contributed by atoms with Gasteiger partial charge in [0.05, 0.1) is 27.8 Å². The highest BCUT2D eigenvalue weighted by atomic mass is 15.1. The average molecular weight is 563 g/mol. The Kier molecular flexibility index (Phi) is 5.47. The number of hydrogen-bond donors (Lipinski definition) is 0. The summed E-state index contributed by atoms with van der Waals surface area (Å²) in [6, 6.07) is 55.2. The Morgan fingerprint density at radius 1 is 0.386 bits per heavy atom. The first kappa shape index (κ1) is 24.6. The molecule has 0 aliphatic heterocycles. The minimum atomic E-state index is 0.843. The summed E-state index contributed by atoms with van der Waals surface area (Å²) in [5.74, 6) is 0.843. The number of hydrogen-bond acceptors (Lipinski definition) is 2. The third-order valence-corrected chi connectivity index (χ3v) is 8.50. The lowest BCUT2D eigenvalue weighted by Crippen LogP contribution is -2.01. The Morgan fingerprint density at radius 2 is 0.977 bits per heavy atom. The molecule has 0 atom stereocenters. The van der Waals surface area contributed by atoms with Gasteiger partial charge in [0.15, 0.2) is 0 Å². The van der Waals surface area contributed by atoms with Gasteiger partial charge in [-0.15, -0.1) is 0 Å². The Hall–Kier alpha value is -6.00. The van der Waals surface area contributed by atoms with Gasteiger partial charge in [0.25, 0.3) is 0 Å². The largest absolute Gasteiger partial charge is 0.308 e. The topological polar surface area (TPSA) is 35.6 Å². The van der Waals surface area contributed by atoms with Gasteiger partial charge >= 0.3 is 0 Å². The van der Waals surface area contributed by atoms with Crippen LogP contribution in [0, 0.1) is 0 Å². The summed E-state index contributed by atoms with van der Waals surface area (Å²) in [6.45, 7) is 0. The first-order valence-electron chi connectivity index (χ1n) is 14.9. The highest BCUT2D eigenvalue weighted by molar-refractivity contribution is 6.15. The summed E-state index contributed by atoms with van der Waals surface area (Å²) in [5.41, 5.74) is 10.6. The fourth-order valence-electron chi connectivity index (χ4n) is 6.51. The quantitative estimate of drug-likeness (QED) is 0.214. The molecule has 9 rings (SSSR count). The molecule has 9 aromatic rings. The van der Waals surface area contributed by atoms with Crippen molar-refractivity contribution >= 4 is 43.9 Å². The predicted molar refractivity (Wildman–Crippen MR) is 182 cm³/mol. The van der Waals surface area contributed by atoms with Crippen LogP contribution in [0.4, 0.5) is 0 Å². The first-order valence-corrected chi connectivity index (χ1v) is 14.9. The van der Waals surface area contributed by atoms with Crippen LogP contribution in [0.5, 0.6) is 0 Å². The number of para-hydroxylation sites is 3. The molecule has 0 bridgehead atoms. The molecule has 4 aromatic heterocycles. The third kappa shape index (κ3) is 3.78. The van der Waals surface area contributed by atoms with Gasteiger partial charge in [-0.25, -0.2) is 9.97 Å². The number of pyridine rings is 2. The zero-order chi connectivity index (χ0) is 29.0. The van der Waals surface area contributed by atoms with Crippen molar-refractivity contribution in [2.75, 3.05) is 0 Å². The maximum Gasteiger partial charge on any atom is 0.147 e. The summed E-state index contributed by atoms with van der Waals surface area (Å²) >= 11 is 0. The van der Waals surface area contributed by atoms with E-state index < -0.39 is 0 Å². The molecular formula is C40H26N4. The summed E-state index contributed by atoms with van der Waals surface area (Å²) in [7, 11) is 0. The molecule has 0 saturated heterocycles. The summed E-state index contributed by atoms with van der Waals surface area (Å²) in [5, 5.41) is 3.37. The van der Waals surface area contributed by atoms with Crippen molar-refractivity contribution < 1.29 is 0 Å². The molecule has 5 aromatic carbocycles. The van der Waals surface area contributed by atoms with Crippen LogP contribution in [0.1, 0.15) is 0 Å². The molecule has 4 heteroatoms. The van der Waals surface area contributed by atoms with E-state index in [2.05, 4.69) is 161 Å². The second kappa shape index (κ2) is 9.79. The average Bonchev–Trinajstić information content (AvgIpc) is 3.60. The lowest BCUT2D eigenvalue weighted by Gasteiger charge is -2.12. The highest BCUT2D eigenvalue weighted by Crippen LogP contribution is 2.38. The van der Waals surface area contributed by atoms with Gasteiger partial charge in [-0.3, -0.25) is 4.57 Å². The van der Waals surface area contributed by atoms with E-state index >= 15 is 0 Å². The third-order valence-electron chi connectivity index (χ3n) is 8.50. The predicted octanol–water partition coefficient (Wildman–Crippen LogP) is 10.0. The summed E-state index contributed by atoms with van der Waals surface area (Å²) in [4.78, 5) is 10.8. The van der Waals surface area contributed by atoms with E-state index in [9.17, 15) is 0 Å². The van der Waals surface area contributed by atoms with Crippen LogP contribution in [-0.4, -0.2) is 19.1 Å². The molecule has 4 nitrogen and oxygen atoms in total. The molecule has 4 heterocycles. The van der Waals surface area contributed by atoms with E-state index in [0.717, 1.165) is 77.8 Å².